The SMILES string of the molecule is Nc1ncnn2c(C3CCC3)nc(C#Cc3ccccn3)c12. The van der Waals surface area contributed by atoms with E-state index in [0.29, 0.717) is 28.6 Å². The van der Waals surface area contributed by atoms with Crippen molar-refractivity contribution >= 4 is 11.3 Å². The fourth-order valence-corrected chi connectivity index (χ4v) is 2.55. The summed E-state index contributed by atoms with van der Waals surface area (Å²) in [6.07, 6.45) is 6.68. The summed E-state index contributed by atoms with van der Waals surface area (Å²) in [4.78, 5) is 12.9. The van der Waals surface area contributed by atoms with Gasteiger partial charge < -0.3 is 5.73 Å². The van der Waals surface area contributed by atoms with E-state index in [-0.39, 0.29) is 0 Å². The summed E-state index contributed by atoms with van der Waals surface area (Å²) in [6, 6.07) is 5.62. The molecule has 1 aliphatic rings. The van der Waals surface area contributed by atoms with Crippen molar-refractivity contribution in [1.82, 2.24) is 24.6 Å². The van der Waals surface area contributed by atoms with Crippen LogP contribution in [0, 0.1) is 11.8 Å². The lowest BCUT2D eigenvalue weighted by atomic mass is 9.85. The van der Waals surface area contributed by atoms with Crippen molar-refractivity contribution in [3.8, 4) is 11.8 Å². The molecule has 0 spiro atoms. The average molecular weight is 290 g/mol. The molecular formula is C16H14N6. The molecule has 108 valence electrons. The Morgan fingerprint density at radius 3 is 2.82 bits per heavy atom. The van der Waals surface area contributed by atoms with E-state index in [1.165, 1.54) is 12.7 Å². The summed E-state index contributed by atoms with van der Waals surface area (Å²) in [5, 5.41) is 4.30. The zero-order valence-electron chi connectivity index (χ0n) is 11.9. The van der Waals surface area contributed by atoms with Crippen LogP contribution in [0.3, 0.4) is 0 Å². The quantitative estimate of drug-likeness (QED) is 0.691. The molecule has 0 aromatic carbocycles. The van der Waals surface area contributed by atoms with Gasteiger partial charge in [-0.15, -0.1) is 0 Å². The number of imidazole rings is 1. The zero-order chi connectivity index (χ0) is 14.9. The monoisotopic (exact) mass is 290 g/mol. The maximum atomic E-state index is 6.00. The summed E-state index contributed by atoms with van der Waals surface area (Å²) >= 11 is 0. The van der Waals surface area contributed by atoms with Crippen molar-refractivity contribution in [3.05, 3.63) is 47.9 Å². The Bertz CT molecular complexity index is 883. The van der Waals surface area contributed by atoms with Crippen molar-refractivity contribution in [2.45, 2.75) is 25.2 Å². The first-order valence-corrected chi connectivity index (χ1v) is 7.25. The highest BCUT2D eigenvalue weighted by Crippen LogP contribution is 2.36. The first kappa shape index (κ1) is 12.8. The molecule has 0 bridgehead atoms. The molecule has 0 unspecified atom stereocenters. The second-order valence-corrected chi connectivity index (χ2v) is 5.32. The lowest BCUT2D eigenvalue weighted by Gasteiger charge is -2.23. The molecule has 3 aromatic heterocycles. The maximum Gasteiger partial charge on any atom is 0.154 e. The van der Waals surface area contributed by atoms with Crippen LogP contribution in [0.2, 0.25) is 0 Å². The Labute approximate surface area is 127 Å². The molecule has 4 rings (SSSR count). The van der Waals surface area contributed by atoms with Crippen molar-refractivity contribution in [2.75, 3.05) is 5.73 Å². The molecule has 1 fully saturated rings. The summed E-state index contributed by atoms with van der Waals surface area (Å²) in [5.41, 5.74) is 8.01. The number of rotatable bonds is 1. The van der Waals surface area contributed by atoms with Crippen molar-refractivity contribution in [1.29, 1.82) is 0 Å². The molecule has 3 aromatic rings. The van der Waals surface area contributed by atoms with Gasteiger partial charge in [-0.2, -0.15) is 5.10 Å². The lowest BCUT2D eigenvalue weighted by Crippen LogP contribution is -2.14. The largest absolute Gasteiger partial charge is 0.382 e. The fourth-order valence-electron chi connectivity index (χ4n) is 2.55. The van der Waals surface area contributed by atoms with Gasteiger partial charge >= 0.3 is 0 Å². The van der Waals surface area contributed by atoms with Gasteiger partial charge in [-0.1, -0.05) is 12.5 Å². The first-order chi connectivity index (χ1) is 10.8. The molecule has 0 saturated heterocycles. The molecule has 0 aliphatic heterocycles. The van der Waals surface area contributed by atoms with E-state index in [1.54, 1.807) is 10.7 Å². The molecule has 6 nitrogen and oxygen atoms in total. The van der Waals surface area contributed by atoms with E-state index in [4.69, 9.17) is 5.73 Å². The number of fused-ring (bicyclic) bond motifs is 1. The number of aromatic nitrogens is 5. The van der Waals surface area contributed by atoms with Crippen LogP contribution in [0.1, 0.15) is 42.4 Å². The first-order valence-electron chi connectivity index (χ1n) is 7.25. The third-order valence-electron chi connectivity index (χ3n) is 3.93. The van der Waals surface area contributed by atoms with E-state index in [1.807, 2.05) is 18.2 Å². The van der Waals surface area contributed by atoms with Crippen molar-refractivity contribution in [2.24, 2.45) is 0 Å². The molecule has 0 atom stereocenters. The predicted octanol–water partition coefficient (Wildman–Crippen LogP) is 1.77. The van der Waals surface area contributed by atoms with Crippen LogP contribution in [0.15, 0.2) is 30.7 Å². The van der Waals surface area contributed by atoms with Crippen LogP contribution >= 0.6 is 0 Å². The van der Waals surface area contributed by atoms with Gasteiger partial charge in [-0.3, -0.25) is 0 Å². The van der Waals surface area contributed by atoms with E-state index in [9.17, 15) is 0 Å². The molecule has 1 aliphatic carbocycles. The van der Waals surface area contributed by atoms with Gasteiger partial charge in [0, 0.05) is 12.1 Å². The summed E-state index contributed by atoms with van der Waals surface area (Å²) in [6.45, 7) is 0. The Morgan fingerprint density at radius 1 is 1.18 bits per heavy atom. The van der Waals surface area contributed by atoms with Gasteiger partial charge in [0.15, 0.2) is 5.82 Å². The minimum atomic E-state index is 0.401. The fraction of sp³-hybridized carbons (Fsp3) is 0.250. The predicted molar refractivity (Wildman–Crippen MR) is 82.0 cm³/mol. The van der Waals surface area contributed by atoms with Gasteiger partial charge in [0.25, 0.3) is 0 Å². The van der Waals surface area contributed by atoms with E-state index in [0.717, 1.165) is 18.7 Å². The third-order valence-corrected chi connectivity index (χ3v) is 3.93. The third kappa shape index (κ3) is 2.07. The minimum absolute atomic E-state index is 0.401. The van der Waals surface area contributed by atoms with Gasteiger partial charge in [-0.05, 0) is 36.8 Å². The van der Waals surface area contributed by atoms with Crippen LogP contribution in [-0.2, 0) is 0 Å². The Kier molecular flexibility index (Phi) is 2.97. The Morgan fingerprint density at radius 2 is 2.09 bits per heavy atom. The van der Waals surface area contributed by atoms with Crippen LogP contribution < -0.4 is 5.73 Å². The summed E-state index contributed by atoms with van der Waals surface area (Å²) in [7, 11) is 0. The number of nitrogens with zero attached hydrogens (tertiary/aromatic N) is 5. The topological polar surface area (TPSA) is 82.0 Å². The molecule has 0 radical (unpaired) electrons. The molecule has 22 heavy (non-hydrogen) atoms. The standard InChI is InChI=1S/C16H14N6/c17-15-14-13(8-7-12-6-1-2-9-18-12)21-16(11-4-3-5-11)22(14)20-10-19-15/h1-2,6,9-11H,3-5H2,(H2,17,19,20). The van der Waals surface area contributed by atoms with E-state index in [2.05, 4.69) is 31.9 Å². The van der Waals surface area contributed by atoms with Crippen molar-refractivity contribution in [3.63, 3.8) is 0 Å². The number of nitrogens with two attached hydrogens (primary N) is 1. The Hall–Kier alpha value is -2.94. The summed E-state index contributed by atoms with van der Waals surface area (Å²) in [5.74, 6) is 7.85. The van der Waals surface area contributed by atoms with Crippen LogP contribution in [0.5, 0.6) is 0 Å². The van der Waals surface area contributed by atoms with E-state index < -0.39 is 0 Å². The van der Waals surface area contributed by atoms with Crippen LogP contribution in [0.25, 0.3) is 5.52 Å². The normalized spacial score (nSPS) is 14.4. The van der Waals surface area contributed by atoms with Gasteiger partial charge in [0.2, 0.25) is 0 Å². The number of hydrogen-bond acceptors (Lipinski definition) is 5. The number of pyridine rings is 1. The number of anilines is 1. The average Bonchev–Trinajstić information content (AvgIpc) is 2.85. The lowest BCUT2D eigenvalue weighted by molar-refractivity contribution is 0.396. The highest BCUT2D eigenvalue weighted by molar-refractivity contribution is 5.72. The maximum absolute atomic E-state index is 6.00. The second kappa shape index (κ2) is 5.11. The molecule has 2 N–H and O–H groups in total. The van der Waals surface area contributed by atoms with Gasteiger partial charge in [0.1, 0.15) is 29.1 Å². The highest BCUT2D eigenvalue weighted by Gasteiger charge is 2.26. The zero-order valence-corrected chi connectivity index (χ0v) is 11.9. The molecule has 0 amide bonds. The number of hydrogen-bond donors (Lipinski definition) is 1. The van der Waals surface area contributed by atoms with E-state index >= 15 is 0 Å². The smallest absolute Gasteiger partial charge is 0.154 e. The van der Waals surface area contributed by atoms with Gasteiger partial charge in [-0.25, -0.2) is 19.5 Å². The van der Waals surface area contributed by atoms with Crippen LogP contribution in [0.4, 0.5) is 5.82 Å². The minimum Gasteiger partial charge on any atom is -0.382 e. The van der Waals surface area contributed by atoms with Gasteiger partial charge in [0.05, 0.1) is 0 Å². The molecular weight excluding hydrogens is 276 g/mol. The molecule has 6 heteroatoms. The molecule has 1 saturated carbocycles. The summed E-state index contributed by atoms with van der Waals surface area (Å²) < 4.78 is 1.79. The molecule has 3 heterocycles. The second-order valence-electron chi connectivity index (χ2n) is 5.32. The van der Waals surface area contributed by atoms with Crippen LogP contribution in [-0.4, -0.2) is 24.6 Å². The Balaban J connectivity index is 1.85. The highest BCUT2D eigenvalue weighted by atomic mass is 15.3. The van der Waals surface area contributed by atoms with Crippen molar-refractivity contribution < 1.29 is 0 Å². The number of nitrogen functional groups attached to an aromatic ring is 1.